The minimum absolute atomic E-state index is 0.233. The number of carbonyl (C=O) groups excluding carboxylic acids is 2. The molecule has 3 rings (SSSR count). The molecule has 7 heteroatoms. The van der Waals surface area contributed by atoms with Gasteiger partial charge in [-0.15, -0.1) is 0 Å². The molecule has 26 heavy (non-hydrogen) atoms. The van der Waals surface area contributed by atoms with E-state index in [9.17, 15) is 14.0 Å². The summed E-state index contributed by atoms with van der Waals surface area (Å²) >= 11 is 3.05. The van der Waals surface area contributed by atoms with Gasteiger partial charge in [-0.25, -0.2) is 14.0 Å². The van der Waals surface area contributed by atoms with E-state index < -0.39 is 35.3 Å². The highest BCUT2D eigenvalue weighted by Crippen LogP contribution is 2.31. The highest BCUT2D eigenvalue weighted by Gasteiger charge is 2.47. The molecule has 1 aliphatic rings. The van der Waals surface area contributed by atoms with Gasteiger partial charge in [0.1, 0.15) is 17.7 Å². The average molecular weight is 423 g/mol. The minimum atomic E-state index is -1.58. The van der Waals surface area contributed by atoms with Crippen LogP contribution in [0.3, 0.4) is 0 Å². The van der Waals surface area contributed by atoms with E-state index in [1.54, 1.807) is 60.7 Å². The van der Waals surface area contributed by atoms with E-state index >= 15 is 0 Å². The molecule has 0 N–H and O–H groups in total. The smallest absolute Gasteiger partial charge is 0.338 e. The van der Waals surface area contributed by atoms with Gasteiger partial charge >= 0.3 is 11.9 Å². The lowest BCUT2D eigenvalue weighted by molar-refractivity contribution is -0.0342. The van der Waals surface area contributed by atoms with E-state index in [4.69, 9.17) is 14.2 Å². The first-order chi connectivity index (χ1) is 12.6. The van der Waals surface area contributed by atoms with Crippen molar-refractivity contribution in [3.05, 3.63) is 71.8 Å². The molecular formula is C19H16BrFO5. The van der Waals surface area contributed by atoms with Gasteiger partial charge < -0.3 is 14.2 Å². The van der Waals surface area contributed by atoms with Gasteiger partial charge in [0, 0.05) is 0 Å². The molecule has 0 spiro atoms. The summed E-state index contributed by atoms with van der Waals surface area (Å²) in [4.78, 5) is 24.2. The third-order valence-electron chi connectivity index (χ3n) is 3.88. The van der Waals surface area contributed by atoms with Crippen LogP contribution in [0, 0.1) is 0 Å². The first-order valence-corrected chi connectivity index (χ1v) is 8.89. The second-order valence-corrected chi connectivity index (χ2v) is 6.57. The fourth-order valence-electron chi connectivity index (χ4n) is 2.53. The summed E-state index contributed by atoms with van der Waals surface area (Å²) in [5, 5.41) is -0.948. The molecule has 0 radical (unpaired) electrons. The van der Waals surface area contributed by atoms with Crippen LogP contribution in [0.4, 0.5) is 4.39 Å². The SMILES string of the molecule is O=C(OC[C@H]1O[C@H](Br)[C@@H](F)[C@@H]1OC(=O)c1ccccc1)c1ccccc1. The predicted molar refractivity (Wildman–Crippen MR) is 94.9 cm³/mol. The Hall–Kier alpha value is -2.25. The van der Waals surface area contributed by atoms with Crippen molar-refractivity contribution >= 4 is 27.9 Å². The average Bonchev–Trinajstić information content (AvgIpc) is 2.95. The Balaban J connectivity index is 1.63. The Bertz CT molecular complexity index is 755. The molecule has 5 nitrogen and oxygen atoms in total. The molecule has 1 saturated heterocycles. The maximum atomic E-state index is 14.4. The molecule has 2 aromatic carbocycles. The summed E-state index contributed by atoms with van der Waals surface area (Å²) in [6, 6.07) is 16.7. The molecule has 1 aliphatic heterocycles. The van der Waals surface area contributed by atoms with Crippen LogP contribution in [0.1, 0.15) is 20.7 Å². The number of halogens is 2. The number of hydrogen-bond donors (Lipinski definition) is 0. The number of carbonyl (C=O) groups is 2. The summed E-state index contributed by atoms with van der Waals surface area (Å²) in [5.74, 6) is -1.22. The highest BCUT2D eigenvalue weighted by molar-refractivity contribution is 9.09. The molecule has 1 heterocycles. The van der Waals surface area contributed by atoms with Crippen molar-refractivity contribution in [1.29, 1.82) is 0 Å². The van der Waals surface area contributed by atoms with Gasteiger partial charge in [0.15, 0.2) is 12.3 Å². The second-order valence-electron chi connectivity index (χ2n) is 5.67. The lowest BCUT2D eigenvalue weighted by Gasteiger charge is -2.19. The number of alkyl halides is 2. The molecule has 0 amide bonds. The van der Waals surface area contributed by atoms with Crippen LogP contribution in [-0.2, 0) is 14.2 Å². The summed E-state index contributed by atoms with van der Waals surface area (Å²) in [7, 11) is 0. The summed E-state index contributed by atoms with van der Waals surface area (Å²) in [6.07, 6.45) is -3.67. The molecule has 0 aliphatic carbocycles. The zero-order chi connectivity index (χ0) is 18.5. The lowest BCUT2D eigenvalue weighted by Crippen LogP contribution is -2.37. The quantitative estimate of drug-likeness (QED) is 0.544. The fraction of sp³-hybridized carbons (Fsp3) is 0.263. The molecule has 0 bridgehead atoms. The number of benzene rings is 2. The van der Waals surface area contributed by atoms with Gasteiger partial charge in [0.2, 0.25) is 0 Å². The van der Waals surface area contributed by atoms with Crippen LogP contribution in [0.15, 0.2) is 60.7 Å². The Morgan fingerprint density at radius 1 is 0.962 bits per heavy atom. The second kappa shape index (κ2) is 8.42. The van der Waals surface area contributed by atoms with Gasteiger partial charge in [-0.1, -0.05) is 52.3 Å². The van der Waals surface area contributed by atoms with Crippen molar-refractivity contribution in [2.75, 3.05) is 6.61 Å². The summed E-state index contributed by atoms with van der Waals surface area (Å²) < 4.78 is 30.2. The van der Waals surface area contributed by atoms with E-state index in [1.807, 2.05) is 0 Å². The van der Waals surface area contributed by atoms with Gasteiger partial charge in [-0.3, -0.25) is 0 Å². The summed E-state index contributed by atoms with van der Waals surface area (Å²) in [6.45, 7) is -0.233. The number of rotatable bonds is 5. The number of hydrogen-bond acceptors (Lipinski definition) is 5. The van der Waals surface area contributed by atoms with Crippen LogP contribution in [-0.4, -0.2) is 41.9 Å². The maximum Gasteiger partial charge on any atom is 0.338 e. The lowest BCUT2D eigenvalue weighted by atomic mass is 10.1. The summed E-state index contributed by atoms with van der Waals surface area (Å²) in [5.41, 5.74) is 0.674. The number of esters is 2. The van der Waals surface area contributed by atoms with Gasteiger partial charge in [-0.05, 0) is 24.3 Å². The van der Waals surface area contributed by atoms with Crippen molar-refractivity contribution < 1.29 is 28.2 Å². The molecule has 2 aromatic rings. The van der Waals surface area contributed by atoms with Crippen LogP contribution in [0.5, 0.6) is 0 Å². The van der Waals surface area contributed by atoms with Crippen molar-refractivity contribution in [2.45, 2.75) is 23.4 Å². The van der Waals surface area contributed by atoms with Crippen molar-refractivity contribution in [3.8, 4) is 0 Å². The van der Waals surface area contributed by atoms with Gasteiger partial charge in [-0.2, -0.15) is 0 Å². The van der Waals surface area contributed by atoms with E-state index in [0.717, 1.165) is 0 Å². The molecule has 136 valence electrons. The Kier molecular flexibility index (Phi) is 6.00. The van der Waals surface area contributed by atoms with E-state index in [2.05, 4.69) is 15.9 Å². The fourth-order valence-corrected chi connectivity index (χ4v) is 3.11. The molecule has 0 unspecified atom stereocenters. The molecule has 1 fully saturated rings. The standard InChI is InChI=1S/C19H16BrFO5/c20-17-15(21)16(26-19(23)13-9-5-2-6-10-13)14(25-17)11-24-18(22)12-7-3-1-4-8-12/h1-10,14-17H,11H2/t14-,15+,16-,17+/m1/s1. The Morgan fingerprint density at radius 2 is 1.50 bits per heavy atom. The predicted octanol–water partition coefficient (Wildman–Crippen LogP) is 3.53. The normalized spacial score (nSPS) is 24.8. The van der Waals surface area contributed by atoms with Crippen LogP contribution >= 0.6 is 15.9 Å². The Labute approximate surface area is 158 Å². The zero-order valence-corrected chi connectivity index (χ0v) is 15.2. The van der Waals surface area contributed by atoms with Crippen LogP contribution in [0.25, 0.3) is 0 Å². The van der Waals surface area contributed by atoms with Crippen LogP contribution in [0.2, 0.25) is 0 Å². The molecule has 4 atom stereocenters. The monoisotopic (exact) mass is 422 g/mol. The van der Waals surface area contributed by atoms with E-state index in [0.29, 0.717) is 11.1 Å². The van der Waals surface area contributed by atoms with Crippen molar-refractivity contribution in [2.24, 2.45) is 0 Å². The molecular weight excluding hydrogens is 407 g/mol. The third-order valence-corrected chi connectivity index (χ3v) is 4.60. The minimum Gasteiger partial charge on any atom is -0.459 e. The molecule has 0 saturated carbocycles. The highest BCUT2D eigenvalue weighted by atomic mass is 79.9. The van der Waals surface area contributed by atoms with Gasteiger partial charge in [0.05, 0.1) is 11.1 Å². The van der Waals surface area contributed by atoms with E-state index in [1.165, 1.54) is 0 Å². The first-order valence-electron chi connectivity index (χ1n) is 7.98. The van der Waals surface area contributed by atoms with Crippen molar-refractivity contribution in [3.63, 3.8) is 0 Å². The maximum absolute atomic E-state index is 14.4. The van der Waals surface area contributed by atoms with Crippen LogP contribution < -0.4 is 0 Å². The largest absolute Gasteiger partial charge is 0.459 e. The zero-order valence-electron chi connectivity index (χ0n) is 13.6. The first kappa shape index (κ1) is 18.5. The molecule has 0 aromatic heterocycles. The third kappa shape index (κ3) is 4.28. The van der Waals surface area contributed by atoms with Crippen molar-refractivity contribution in [1.82, 2.24) is 0 Å². The topological polar surface area (TPSA) is 61.8 Å². The van der Waals surface area contributed by atoms with E-state index in [-0.39, 0.29) is 6.61 Å². The Morgan fingerprint density at radius 3 is 2.08 bits per heavy atom. The number of ether oxygens (including phenoxy) is 3. The van der Waals surface area contributed by atoms with Gasteiger partial charge in [0.25, 0.3) is 0 Å².